The first kappa shape index (κ1) is 15.4. The largest absolute Gasteiger partial charge is 0.459 e. The fraction of sp³-hybridized carbons (Fsp3) is 0.389. The summed E-state index contributed by atoms with van der Waals surface area (Å²) in [5, 5.41) is 0.510. The Labute approximate surface area is 144 Å². The van der Waals surface area contributed by atoms with Crippen LogP contribution in [0.25, 0.3) is 0 Å². The number of carbonyl (C=O) groups is 3. The minimum Gasteiger partial charge on any atom is -0.459 e. The number of hydrogen-bond acceptors (Lipinski definition) is 4. The van der Waals surface area contributed by atoms with Crippen molar-refractivity contribution < 1.29 is 19.1 Å². The van der Waals surface area contributed by atoms with Crippen molar-refractivity contribution in [3.63, 3.8) is 0 Å². The van der Waals surface area contributed by atoms with Crippen LogP contribution in [0.3, 0.4) is 0 Å². The number of imide groups is 1. The van der Waals surface area contributed by atoms with Crippen molar-refractivity contribution in [3.8, 4) is 0 Å². The molecule has 2 aliphatic carbocycles. The lowest BCUT2D eigenvalue weighted by Gasteiger charge is -2.16. The third-order valence-electron chi connectivity index (χ3n) is 5.20. The van der Waals surface area contributed by atoms with Gasteiger partial charge < -0.3 is 4.74 Å². The van der Waals surface area contributed by atoms with Crippen LogP contribution >= 0.6 is 11.6 Å². The number of hydrogen-bond donors (Lipinski definition) is 0. The number of benzene rings is 1. The first-order valence-electron chi connectivity index (χ1n) is 7.99. The van der Waals surface area contributed by atoms with E-state index in [1.807, 2.05) is 12.2 Å². The van der Waals surface area contributed by atoms with Gasteiger partial charge in [0.25, 0.3) is 0 Å². The highest BCUT2D eigenvalue weighted by Gasteiger charge is 2.59. The number of fused-ring (bicyclic) bond motifs is 5. The highest BCUT2D eigenvalue weighted by atomic mass is 35.5. The number of halogens is 1. The molecule has 124 valence electrons. The van der Waals surface area contributed by atoms with Gasteiger partial charge in [-0.25, -0.2) is 0 Å². The molecule has 0 aromatic heterocycles. The Balaban J connectivity index is 1.39. The number of rotatable bonds is 4. The maximum Gasteiger partial charge on any atom is 0.326 e. The number of esters is 1. The second kappa shape index (κ2) is 5.74. The number of nitrogens with zero attached hydrogens (tertiary/aromatic N) is 1. The normalized spacial score (nSPS) is 30.1. The topological polar surface area (TPSA) is 63.7 Å². The summed E-state index contributed by atoms with van der Waals surface area (Å²) in [7, 11) is 0. The molecule has 5 nitrogen and oxygen atoms in total. The Hall–Kier alpha value is -2.14. The van der Waals surface area contributed by atoms with Gasteiger partial charge in [0, 0.05) is 10.6 Å². The molecule has 24 heavy (non-hydrogen) atoms. The van der Waals surface area contributed by atoms with E-state index in [9.17, 15) is 14.4 Å². The van der Waals surface area contributed by atoms with E-state index >= 15 is 0 Å². The van der Waals surface area contributed by atoms with E-state index < -0.39 is 5.97 Å². The number of likely N-dealkylation sites (tertiary alicyclic amines) is 1. The molecule has 2 bridgehead atoms. The van der Waals surface area contributed by atoms with E-state index in [0.29, 0.717) is 10.6 Å². The van der Waals surface area contributed by atoms with E-state index in [0.717, 1.165) is 11.3 Å². The standard InChI is InChI=1S/C18H16ClNO4/c19-13-4-2-1-3-12(13)9-24-14(21)8-20-17(22)15-10-5-6-11(7-10)16(15)18(20)23/h1-6,10-11,15-16H,7-9H2. The van der Waals surface area contributed by atoms with E-state index in [4.69, 9.17) is 16.3 Å². The van der Waals surface area contributed by atoms with Gasteiger partial charge in [0.15, 0.2) is 0 Å². The summed E-state index contributed by atoms with van der Waals surface area (Å²) in [4.78, 5) is 38.1. The molecule has 1 aromatic rings. The summed E-state index contributed by atoms with van der Waals surface area (Å²) in [6.45, 7) is -0.303. The van der Waals surface area contributed by atoms with Gasteiger partial charge in [0.1, 0.15) is 13.2 Å². The third kappa shape index (κ3) is 2.35. The SMILES string of the molecule is O=C(CN1C(=O)C2C3C=CC(C3)C2C1=O)OCc1ccccc1Cl. The fourth-order valence-electron chi connectivity index (χ4n) is 4.07. The highest BCUT2D eigenvalue weighted by molar-refractivity contribution is 6.31. The van der Waals surface area contributed by atoms with Crippen molar-refractivity contribution in [2.45, 2.75) is 13.0 Å². The Morgan fingerprint density at radius 1 is 1.12 bits per heavy atom. The Morgan fingerprint density at radius 2 is 1.75 bits per heavy atom. The summed E-state index contributed by atoms with van der Waals surface area (Å²) in [5.74, 6) is -1.38. The second-order valence-corrected chi connectivity index (χ2v) is 6.92. The monoisotopic (exact) mass is 345 g/mol. The summed E-state index contributed by atoms with van der Waals surface area (Å²) in [6, 6.07) is 7.06. The van der Waals surface area contributed by atoms with Crippen LogP contribution in [0.2, 0.25) is 5.02 Å². The first-order chi connectivity index (χ1) is 11.6. The molecule has 0 N–H and O–H groups in total. The van der Waals surface area contributed by atoms with Gasteiger partial charge in [-0.1, -0.05) is 42.0 Å². The predicted octanol–water partition coefficient (Wildman–Crippen LogP) is 2.19. The van der Waals surface area contributed by atoms with Crippen molar-refractivity contribution in [2.75, 3.05) is 6.54 Å². The lowest BCUT2D eigenvalue weighted by Crippen LogP contribution is -2.37. The van der Waals surface area contributed by atoms with Crippen LogP contribution in [0.4, 0.5) is 0 Å². The Morgan fingerprint density at radius 3 is 2.38 bits per heavy atom. The molecular formula is C18H16ClNO4. The minimum absolute atomic E-state index is 0.0222. The zero-order valence-electron chi connectivity index (χ0n) is 12.9. The van der Waals surface area contributed by atoms with Gasteiger partial charge >= 0.3 is 5.97 Å². The maximum absolute atomic E-state index is 12.5. The molecule has 2 amide bonds. The van der Waals surface area contributed by atoms with E-state index in [2.05, 4.69) is 0 Å². The lowest BCUT2D eigenvalue weighted by molar-refractivity contribution is -0.154. The van der Waals surface area contributed by atoms with Gasteiger partial charge in [-0.3, -0.25) is 19.3 Å². The maximum atomic E-state index is 12.5. The average Bonchev–Trinajstić information content (AvgIpc) is 3.24. The Bertz CT molecular complexity index is 729. The zero-order chi connectivity index (χ0) is 16.8. The van der Waals surface area contributed by atoms with Gasteiger partial charge in [-0.05, 0) is 24.3 Å². The molecule has 1 heterocycles. The lowest BCUT2D eigenvalue weighted by atomic mass is 9.85. The van der Waals surface area contributed by atoms with Gasteiger partial charge in [0.05, 0.1) is 11.8 Å². The Kier molecular flexibility index (Phi) is 3.68. The molecule has 0 spiro atoms. The van der Waals surface area contributed by atoms with Crippen LogP contribution in [-0.4, -0.2) is 29.2 Å². The van der Waals surface area contributed by atoms with Crippen molar-refractivity contribution in [2.24, 2.45) is 23.7 Å². The molecule has 4 atom stereocenters. The molecule has 1 saturated heterocycles. The third-order valence-corrected chi connectivity index (χ3v) is 5.56. The van der Waals surface area contributed by atoms with Crippen molar-refractivity contribution in [1.29, 1.82) is 0 Å². The number of amides is 2. The molecule has 4 rings (SSSR count). The van der Waals surface area contributed by atoms with Crippen molar-refractivity contribution >= 4 is 29.4 Å². The molecule has 1 saturated carbocycles. The number of ether oxygens (including phenoxy) is 1. The summed E-state index contributed by atoms with van der Waals surface area (Å²) in [5.41, 5.74) is 0.686. The average molecular weight is 346 g/mol. The van der Waals surface area contributed by atoms with Gasteiger partial charge in [-0.2, -0.15) is 0 Å². The smallest absolute Gasteiger partial charge is 0.326 e. The van der Waals surface area contributed by atoms with Crippen LogP contribution < -0.4 is 0 Å². The molecular weight excluding hydrogens is 330 g/mol. The number of allylic oxidation sites excluding steroid dienone is 2. The molecule has 1 aromatic carbocycles. The van der Waals surface area contributed by atoms with Crippen LogP contribution in [0.5, 0.6) is 0 Å². The highest BCUT2D eigenvalue weighted by Crippen LogP contribution is 2.52. The van der Waals surface area contributed by atoms with Crippen LogP contribution in [0.1, 0.15) is 12.0 Å². The van der Waals surface area contributed by atoms with E-state index in [1.54, 1.807) is 24.3 Å². The fourth-order valence-corrected chi connectivity index (χ4v) is 4.26. The minimum atomic E-state index is -0.600. The van der Waals surface area contributed by atoms with E-state index in [1.165, 1.54) is 0 Å². The predicted molar refractivity (Wildman–Crippen MR) is 85.7 cm³/mol. The first-order valence-corrected chi connectivity index (χ1v) is 8.36. The zero-order valence-corrected chi connectivity index (χ0v) is 13.6. The molecule has 2 fully saturated rings. The summed E-state index contributed by atoms with van der Waals surface area (Å²) in [6.07, 6.45) is 4.92. The van der Waals surface area contributed by atoms with Crippen molar-refractivity contribution in [1.82, 2.24) is 4.90 Å². The van der Waals surface area contributed by atoms with Crippen LogP contribution in [0, 0.1) is 23.7 Å². The molecule has 3 aliphatic rings. The summed E-state index contributed by atoms with van der Waals surface area (Å²) >= 11 is 6.01. The van der Waals surface area contributed by atoms with Crippen LogP contribution in [0.15, 0.2) is 36.4 Å². The van der Waals surface area contributed by atoms with Crippen molar-refractivity contribution in [3.05, 3.63) is 47.0 Å². The molecule has 1 aliphatic heterocycles. The quantitative estimate of drug-likeness (QED) is 0.477. The summed E-state index contributed by atoms with van der Waals surface area (Å²) < 4.78 is 5.17. The molecule has 6 heteroatoms. The van der Waals surface area contributed by atoms with Crippen LogP contribution in [-0.2, 0) is 25.7 Å². The molecule has 0 radical (unpaired) electrons. The van der Waals surface area contributed by atoms with Gasteiger partial charge in [0.2, 0.25) is 11.8 Å². The molecule has 4 unspecified atom stereocenters. The van der Waals surface area contributed by atoms with E-state index in [-0.39, 0.29) is 48.6 Å². The van der Waals surface area contributed by atoms with Gasteiger partial charge in [-0.15, -0.1) is 0 Å². The second-order valence-electron chi connectivity index (χ2n) is 6.51. The number of carbonyl (C=O) groups excluding carboxylic acids is 3.